The van der Waals surface area contributed by atoms with Crippen molar-refractivity contribution in [1.29, 1.82) is 0 Å². The number of aryl methyl sites for hydroxylation is 1. The predicted octanol–water partition coefficient (Wildman–Crippen LogP) is 2.96. The van der Waals surface area contributed by atoms with E-state index in [1.165, 1.54) is 0 Å². The van der Waals surface area contributed by atoms with E-state index in [1.807, 2.05) is 19.1 Å². The Labute approximate surface area is 86.3 Å². The number of hydrogen-bond donors (Lipinski definition) is 0. The molecule has 0 heterocycles. The number of hydrogen-bond acceptors (Lipinski definition) is 1. The van der Waals surface area contributed by atoms with Gasteiger partial charge >= 0.3 is 0 Å². The van der Waals surface area contributed by atoms with Crippen molar-refractivity contribution in [2.75, 3.05) is 0 Å². The minimum atomic E-state index is 0.00694. The molecule has 0 saturated heterocycles. The van der Waals surface area contributed by atoms with Gasteiger partial charge in [0.15, 0.2) is 5.78 Å². The van der Waals surface area contributed by atoms with Crippen LogP contribution in [0.3, 0.4) is 0 Å². The number of Topliss-reactive ketones (excluding diaryl/α,β-unsaturated/α-hetero) is 1. The molecule has 13 heavy (non-hydrogen) atoms. The van der Waals surface area contributed by atoms with E-state index in [-0.39, 0.29) is 12.2 Å². The molecule has 66 valence electrons. The zero-order valence-corrected chi connectivity index (χ0v) is 8.89. The number of benzene rings is 1. The van der Waals surface area contributed by atoms with Gasteiger partial charge in [-0.2, -0.15) is 0 Å². The average molecular weight is 237 g/mol. The monoisotopic (exact) mass is 236 g/mol. The number of carbonyl (C=O) groups is 1. The second kappa shape index (κ2) is 4.25. The van der Waals surface area contributed by atoms with E-state index in [4.69, 9.17) is 6.42 Å². The highest BCUT2D eigenvalue weighted by Gasteiger charge is 2.06. The standard InChI is InChI=1S/C11H9BrO/c1-3-4-11(13)10-6-5-9(12)7-8(10)2/h1,5-7H,4H2,2H3. The molecule has 0 N–H and O–H groups in total. The highest BCUT2D eigenvalue weighted by atomic mass is 79.9. The molecule has 1 aromatic rings. The van der Waals surface area contributed by atoms with Crippen LogP contribution in [0, 0.1) is 19.3 Å². The van der Waals surface area contributed by atoms with Crippen LogP contribution < -0.4 is 0 Å². The first-order valence-electron chi connectivity index (χ1n) is 3.88. The molecule has 1 rings (SSSR count). The molecule has 0 aliphatic carbocycles. The first kappa shape index (κ1) is 10.0. The summed E-state index contributed by atoms with van der Waals surface area (Å²) in [6.07, 6.45) is 5.24. The van der Waals surface area contributed by atoms with Crippen LogP contribution in [0.15, 0.2) is 22.7 Å². The van der Waals surface area contributed by atoms with Crippen LogP contribution in [-0.2, 0) is 0 Å². The van der Waals surface area contributed by atoms with Gasteiger partial charge in [0.05, 0.1) is 6.42 Å². The van der Waals surface area contributed by atoms with Crippen molar-refractivity contribution in [2.24, 2.45) is 0 Å². The number of carbonyl (C=O) groups excluding carboxylic acids is 1. The lowest BCUT2D eigenvalue weighted by molar-refractivity contribution is 0.0997. The van der Waals surface area contributed by atoms with E-state index >= 15 is 0 Å². The fourth-order valence-corrected chi connectivity index (χ4v) is 1.60. The molecule has 0 bridgehead atoms. The molecule has 1 nitrogen and oxygen atoms in total. The molecule has 2 heteroatoms. The van der Waals surface area contributed by atoms with Gasteiger partial charge in [0.2, 0.25) is 0 Å². The lowest BCUT2D eigenvalue weighted by Crippen LogP contribution is -1.99. The molecule has 0 aliphatic rings. The van der Waals surface area contributed by atoms with Gasteiger partial charge in [0.1, 0.15) is 0 Å². The predicted molar refractivity (Wildman–Crippen MR) is 56.7 cm³/mol. The molecule has 0 aromatic heterocycles. The number of rotatable bonds is 2. The fourth-order valence-electron chi connectivity index (χ4n) is 1.13. The summed E-state index contributed by atoms with van der Waals surface area (Å²) >= 11 is 3.33. The molecule has 0 fully saturated rings. The molecule has 1 aromatic carbocycles. The summed E-state index contributed by atoms with van der Waals surface area (Å²) in [5.74, 6) is 2.35. The molecule has 0 aliphatic heterocycles. The van der Waals surface area contributed by atoms with Gasteiger partial charge in [-0.3, -0.25) is 4.79 Å². The van der Waals surface area contributed by atoms with Crippen LogP contribution in [0.5, 0.6) is 0 Å². The third-order valence-electron chi connectivity index (χ3n) is 1.75. The lowest BCUT2D eigenvalue weighted by atomic mass is 10.0. The second-order valence-electron chi connectivity index (χ2n) is 2.76. The van der Waals surface area contributed by atoms with E-state index < -0.39 is 0 Å². The number of halogens is 1. The molecule has 0 radical (unpaired) electrons. The Balaban J connectivity index is 3.03. The first-order valence-corrected chi connectivity index (χ1v) is 4.67. The van der Waals surface area contributed by atoms with Crippen molar-refractivity contribution in [1.82, 2.24) is 0 Å². The SMILES string of the molecule is C#CCC(=O)c1ccc(Br)cc1C. The van der Waals surface area contributed by atoms with Crippen LogP contribution in [0.1, 0.15) is 22.3 Å². The van der Waals surface area contributed by atoms with Gasteiger partial charge in [-0.1, -0.05) is 21.9 Å². The minimum absolute atomic E-state index is 0.00694. The Morgan fingerprint density at radius 3 is 2.85 bits per heavy atom. The molecule has 0 amide bonds. The minimum Gasteiger partial charge on any atom is -0.293 e. The summed E-state index contributed by atoms with van der Waals surface area (Å²) in [4.78, 5) is 11.4. The summed E-state index contributed by atoms with van der Waals surface area (Å²) in [7, 11) is 0. The Bertz CT molecular complexity index is 374. The van der Waals surface area contributed by atoms with Crippen molar-refractivity contribution < 1.29 is 4.79 Å². The highest BCUT2D eigenvalue weighted by Crippen LogP contribution is 2.16. The Morgan fingerprint density at radius 2 is 2.31 bits per heavy atom. The Kier molecular flexibility index (Phi) is 3.27. The first-order chi connectivity index (χ1) is 6.15. The van der Waals surface area contributed by atoms with Gasteiger partial charge in [-0.05, 0) is 30.7 Å². The molecule has 0 atom stereocenters. The Hall–Kier alpha value is -1.07. The van der Waals surface area contributed by atoms with Crippen LogP contribution >= 0.6 is 15.9 Å². The largest absolute Gasteiger partial charge is 0.293 e. The third-order valence-corrected chi connectivity index (χ3v) is 2.24. The number of terminal acetylenes is 1. The van der Waals surface area contributed by atoms with Crippen molar-refractivity contribution in [2.45, 2.75) is 13.3 Å². The lowest BCUT2D eigenvalue weighted by Gasteiger charge is -2.02. The number of ketones is 1. The summed E-state index contributed by atoms with van der Waals surface area (Å²) in [5.41, 5.74) is 1.66. The molecule has 0 saturated carbocycles. The van der Waals surface area contributed by atoms with Gasteiger partial charge in [-0.25, -0.2) is 0 Å². The summed E-state index contributed by atoms with van der Waals surface area (Å²) < 4.78 is 0.974. The van der Waals surface area contributed by atoms with Crippen molar-refractivity contribution in [3.05, 3.63) is 33.8 Å². The molecular weight excluding hydrogens is 228 g/mol. The average Bonchev–Trinajstić information content (AvgIpc) is 2.04. The topological polar surface area (TPSA) is 17.1 Å². The van der Waals surface area contributed by atoms with Crippen LogP contribution in [0.2, 0.25) is 0 Å². The van der Waals surface area contributed by atoms with Gasteiger partial charge in [0, 0.05) is 10.0 Å². The van der Waals surface area contributed by atoms with Crippen molar-refractivity contribution in [3.8, 4) is 12.3 Å². The smallest absolute Gasteiger partial charge is 0.174 e. The molecule has 0 unspecified atom stereocenters. The van der Waals surface area contributed by atoms with Crippen LogP contribution in [0.4, 0.5) is 0 Å². The molecule has 0 spiro atoms. The van der Waals surface area contributed by atoms with E-state index in [0.717, 1.165) is 10.0 Å². The normalized spacial score (nSPS) is 9.31. The van der Waals surface area contributed by atoms with Gasteiger partial charge in [-0.15, -0.1) is 6.42 Å². The van der Waals surface area contributed by atoms with E-state index in [0.29, 0.717) is 5.56 Å². The van der Waals surface area contributed by atoms with Gasteiger partial charge < -0.3 is 0 Å². The maximum Gasteiger partial charge on any atom is 0.174 e. The van der Waals surface area contributed by atoms with E-state index in [1.54, 1.807) is 6.07 Å². The highest BCUT2D eigenvalue weighted by molar-refractivity contribution is 9.10. The second-order valence-corrected chi connectivity index (χ2v) is 3.68. The zero-order valence-electron chi connectivity index (χ0n) is 7.30. The van der Waals surface area contributed by atoms with Crippen LogP contribution in [0.25, 0.3) is 0 Å². The third kappa shape index (κ3) is 2.43. The van der Waals surface area contributed by atoms with E-state index in [9.17, 15) is 4.79 Å². The van der Waals surface area contributed by atoms with Crippen LogP contribution in [-0.4, -0.2) is 5.78 Å². The maximum atomic E-state index is 11.4. The van der Waals surface area contributed by atoms with E-state index in [2.05, 4.69) is 21.9 Å². The molecular formula is C11H9BrO. The summed E-state index contributed by atoms with van der Waals surface area (Å²) in [6, 6.07) is 5.54. The quantitative estimate of drug-likeness (QED) is 0.570. The zero-order chi connectivity index (χ0) is 9.84. The Morgan fingerprint density at radius 1 is 1.62 bits per heavy atom. The fraction of sp³-hybridized carbons (Fsp3) is 0.182. The van der Waals surface area contributed by atoms with Crippen molar-refractivity contribution >= 4 is 21.7 Å². The van der Waals surface area contributed by atoms with Crippen molar-refractivity contribution in [3.63, 3.8) is 0 Å². The summed E-state index contributed by atoms with van der Waals surface area (Å²) in [6.45, 7) is 1.90. The van der Waals surface area contributed by atoms with Gasteiger partial charge in [0.25, 0.3) is 0 Å². The maximum absolute atomic E-state index is 11.4. The summed E-state index contributed by atoms with van der Waals surface area (Å²) in [5, 5.41) is 0.